The normalized spacial score (nSPS) is 15.5. The van der Waals surface area contributed by atoms with Crippen LogP contribution in [-0.2, 0) is 17.8 Å². The van der Waals surface area contributed by atoms with E-state index < -0.39 is 0 Å². The maximum Gasteiger partial charge on any atom is 0.224 e. The molecular weight excluding hydrogens is 336 g/mol. The molecule has 3 rings (SSSR count). The summed E-state index contributed by atoms with van der Waals surface area (Å²) in [6.45, 7) is 6.69. The molecule has 1 aliphatic rings. The number of likely N-dealkylation sites (tertiary alicyclic amines) is 1. The Morgan fingerprint density at radius 1 is 1.11 bits per heavy atom. The first-order valence-electron chi connectivity index (χ1n) is 9.85. The van der Waals surface area contributed by atoms with Crippen LogP contribution in [0, 0.1) is 0 Å². The van der Waals surface area contributed by atoms with Crippen LogP contribution in [0.4, 0.5) is 5.69 Å². The minimum atomic E-state index is 0.127. The van der Waals surface area contributed by atoms with Crippen molar-refractivity contribution in [2.24, 2.45) is 0 Å². The standard InChI is InChI=1S/C23H30N2O2/c1-4-19-9-11-21(12-10-19)25(18(2)26)22-13-15-24(16-14-22)17-20-7-5-6-8-23(20)27-3/h5-12,22H,4,13-17H2,1-3H3. The molecular formula is C23H30N2O2. The molecule has 0 atom stereocenters. The number of methoxy groups -OCH3 is 1. The predicted molar refractivity (Wildman–Crippen MR) is 110 cm³/mol. The van der Waals surface area contributed by atoms with E-state index in [0.29, 0.717) is 0 Å². The average Bonchev–Trinajstić information content (AvgIpc) is 2.70. The Balaban J connectivity index is 1.64. The van der Waals surface area contributed by atoms with E-state index in [1.54, 1.807) is 14.0 Å². The van der Waals surface area contributed by atoms with Crippen LogP contribution in [0.1, 0.15) is 37.8 Å². The first-order chi connectivity index (χ1) is 13.1. The van der Waals surface area contributed by atoms with Crippen LogP contribution >= 0.6 is 0 Å². The smallest absolute Gasteiger partial charge is 0.224 e. The highest BCUT2D eigenvalue weighted by molar-refractivity contribution is 5.92. The number of benzene rings is 2. The first-order valence-corrected chi connectivity index (χ1v) is 9.85. The van der Waals surface area contributed by atoms with E-state index in [1.807, 2.05) is 17.0 Å². The molecule has 0 saturated carbocycles. The van der Waals surface area contributed by atoms with Crippen molar-refractivity contribution in [1.82, 2.24) is 4.90 Å². The molecule has 0 aromatic heterocycles. The number of hydrogen-bond acceptors (Lipinski definition) is 3. The van der Waals surface area contributed by atoms with Crippen molar-refractivity contribution >= 4 is 11.6 Å². The Morgan fingerprint density at radius 3 is 2.37 bits per heavy atom. The monoisotopic (exact) mass is 366 g/mol. The number of ether oxygens (including phenoxy) is 1. The quantitative estimate of drug-likeness (QED) is 0.765. The maximum atomic E-state index is 12.3. The van der Waals surface area contributed by atoms with Gasteiger partial charge in [-0.25, -0.2) is 0 Å². The topological polar surface area (TPSA) is 32.8 Å². The van der Waals surface area contributed by atoms with Gasteiger partial charge in [-0.05, 0) is 43.0 Å². The van der Waals surface area contributed by atoms with Crippen molar-refractivity contribution < 1.29 is 9.53 Å². The number of carbonyl (C=O) groups excluding carboxylic acids is 1. The third-order valence-electron chi connectivity index (χ3n) is 5.47. The minimum absolute atomic E-state index is 0.127. The Labute approximate surface area is 162 Å². The molecule has 0 spiro atoms. The molecule has 0 unspecified atom stereocenters. The van der Waals surface area contributed by atoms with Crippen molar-refractivity contribution in [3.63, 3.8) is 0 Å². The van der Waals surface area contributed by atoms with Crippen LogP contribution in [0.2, 0.25) is 0 Å². The van der Waals surface area contributed by atoms with Crippen molar-refractivity contribution in [1.29, 1.82) is 0 Å². The number of amides is 1. The largest absolute Gasteiger partial charge is 0.496 e. The summed E-state index contributed by atoms with van der Waals surface area (Å²) in [5, 5.41) is 0. The highest BCUT2D eigenvalue weighted by Crippen LogP contribution is 2.26. The third-order valence-corrected chi connectivity index (χ3v) is 5.47. The number of nitrogens with zero attached hydrogens (tertiary/aromatic N) is 2. The van der Waals surface area contributed by atoms with Gasteiger partial charge in [0.25, 0.3) is 0 Å². The lowest BCUT2D eigenvalue weighted by atomic mass is 10.0. The van der Waals surface area contributed by atoms with Gasteiger partial charge in [-0.1, -0.05) is 37.3 Å². The number of rotatable bonds is 6. The van der Waals surface area contributed by atoms with Crippen LogP contribution in [0.3, 0.4) is 0 Å². The summed E-state index contributed by atoms with van der Waals surface area (Å²) in [5.74, 6) is 1.07. The number of hydrogen-bond donors (Lipinski definition) is 0. The van der Waals surface area contributed by atoms with Crippen LogP contribution < -0.4 is 9.64 Å². The van der Waals surface area contributed by atoms with E-state index in [1.165, 1.54) is 11.1 Å². The zero-order chi connectivity index (χ0) is 19.2. The molecule has 27 heavy (non-hydrogen) atoms. The second-order valence-corrected chi connectivity index (χ2v) is 7.23. The molecule has 4 heteroatoms. The van der Waals surface area contributed by atoms with Gasteiger partial charge < -0.3 is 9.64 Å². The van der Waals surface area contributed by atoms with Crippen LogP contribution in [0.15, 0.2) is 48.5 Å². The lowest BCUT2D eigenvalue weighted by molar-refractivity contribution is -0.117. The fourth-order valence-corrected chi connectivity index (χ4v) is 3.95. The van der Waals surface area contributed by atoms with Gasteiger partial charge in [-0.15, -0.1) is 0 Å². The first kappa shape index (κ1) is 19.4. The summed E-state index contributed by atoms with van der Waals surface area (Å²) in [4.78, 5) is 16.8. The Morgan fingerprint density at radius 2 is 1.78 bits per heavy atom. The van der Waals surface area contributed by atoms with Crippen LogP contribution in [-0.4, -0.2) is 37.0 Å². The molecule has 4 nitrogen and oxygen atoms in total. The molecule has 2 aromatic rings. The Kier molecular flexibility index (Phi) is 6.51. The van der Waals surface area contributed by atoms with Gasteiger partial charge in [0.1, 0.15) is 5.75 Å². The molecule has 1 saturated heterocycles. The van der Waals surface area contributed by atoms with Gasteiger partial charge in [0.05, 0.1) is 7.11 Å². The lowest BCUT2D eigenvalue weighted by Gasteiger charge is -2.38. The van der Waals surface area contributed by atoms with Crippen molar-refractivity contribution in [3.8, 4) is 5.75 Å². The highest BCUT2D eigenvalue weighted by atomic mass is 16.5. The summed E-state index contributed by atoms with van der Waals surface area (Å²) < 4.78 is 5.47. The molecule has 1 heterocycles. The summed E-state index contributed by atoms with van der Waals surface area (Å²) >= 11 is 0. The number of piperidine rings is 1. The molecule has 2 aromatic carbocycles. The molecule has 1 fully saturated rings. The summed E-state index contributed by atoms with van der Waals surface area (Å²) in [6.07, 6.45) is 3.00. The minimum Gasteiger partial charge on any atom is -0.496 e. The van der Waals surface area contributed by atoms with E-state index in [2.05, 4.69) is 48.2 Å². The second-order valence-electron chi connectivity index (χ2n) is 7.23. The SMILES string of the molecule is CCc1ccc(N(C(C)=O)C2CCN(Cc3ccccc3OC)CC2)cc1. The fraction of sp³-hybridized carbons (Fsp3) is 0.435. The van der Waals surface area contributed by atoms with E-state index in [9.17, 15) is 4.79 Å². The van der Waals surface area contributed by atoms with Gasteiger partial charge >= 0.3 is 0 Å². The van der Waals surface area contributed by atoms with E-state index in [-0.39, 0.29) is 11.9 Å². The predicted octanol–water partition coefficient (Wildman–Crippen LogP) is 4.28. The Hall–Kier alpha value is -2.33. The maximum absolute atomic E-state index is 12.3. The number of para-hydroxylation sites is 1. The molecule has 0 radical (unpaired) electrons. The fourth-order valence-electron chi connectivity index (χ4n) is 3.95. The van der Waals surface area contributed by atoms with Crippen molar-refractivity contribution in [2.75, 3.05) is 25.1 Å². The van der Waals surface area contributed by atoms with Gasteiger partial charge in [-0.3, -0.25) is 9.69 Å². The van der Waals surface area contributed by atoms with E-state index in [4.69, 9.17) is 4.74 Å². The van der Waals surface area contributed by atoms with Crippen molar-refractivity contribution in [2.45, 2.75) is 45.7 Å². The van der Waals surface area contributed by atoms with Gasteiger partial charge in [0, 0.05) is 43.9 Å². The zero-order valence-electron chi connectivity index (χ0n) is 16.6. The summed E-state index contributed by atoms with van der Waals surface area (Å²) in [5.41, 5.74) is 3.54. The molecule has 1 aliphatic heterocycles. The number of aryl methyl sites for hydroxylation is 1. The van der Waals surface area contributed by atoms with Crippen LogP contribution in [0.25, 0.3) is 0 Å². The van der Waals surface area contributed by atoms with Gasteiger partial charge in [0.15, 0.2) is 0 Å². The Bertz CT molecular complexity index is 749. The summed E-state index contributed by atoms with van der Waals surface area (Å²) in [7, 11) is 1.72. The molecule has 144 valence electrons. The van der Waals surface area contributed by atoms with Crippen molar-refractivity contribution in [3.05, 3.63) is 59.7 Å². The molecule has 1 amide bonds. The number of anilines is 1. The zero-order valence-corrected chi connectivity index (χ0v) is 16.6. The average molecular weight is 367 g/mol. The van der Waals surface area contributed by atoms with Crippen LogP contribution in [0.5, 0.6) is 5.75 Å². The lowest BCUT2D eigenvalue weighted by Crippen LogP contribution is -2.46. The van der Waals surface area contributed by atoms with Gasteiger partial charge in [-0.2, -0.15) is 0 Å². The molecule has 0 bridgehead atoms. The van der Waals surface area contributed by atoms with Gasteiger partial charge in [0.2, 0.25) is 5.91 Å². The summed E-state index contributed by atoms with van der Waals surface area (Å²) in [6, 6.07) is 16.9. The molecule has 0 N–H and O–H groups in total. The highest BCUT2D eigenvalue weighted by Gasteiger charge is 2.27. The van der Waals surface area contributed by atoms with E-state index in [0.717, 1.165) is 50.3 Å². The second kappa shape index (κ2) is 9.05. The van der Waals surface area contributed by atoms with E-state index >= 15 is 0 Å². The third kappa shape index (κ3) is 4.69. The molecule has 0 aliphatic carbocycles. The number of carbonyl (C=O) groups is 1.